The fraction of sp³-hybridized carbons (Fsp3) is 0.417. The number of nitrogens with zero attached hydrogens (tertiary/aromatic N) is 3. The second kappa shape index (κ2) is 7.13. The molecule has 1 aromatic carbocycles. The molecule has 1 atom stereocenters. The molecule has 19 heavy (non-hydrogen) atoms. The molecule has 6 nitrogen and oxygen atoms in total. The van der Waals surface area contributed by atoms with Crippen LogP contribution in [0, 0.1) is 0 Å². The normalized spacial score (nSPS) is 13.4. The number of carbonyl (C=O) groups excluding carboxylic acids is 1. The van der Waals surface area contributed by atoms with Crippen LogP contribution in [0.4, 0.5) is 0 Å². The molecule has 0 bridgehead atoms. The predicted molar refractivity (Wildman–Crippen MR) is 77.3 cm³/mol. The van der Waals surface area contributed by atoms with Gasteiger partial charge in [0.15, 0.2) is 0 Å². The van der Waals surface area contributed by atoms with Crippen molar-refractivity contribution in [3.63, 3.8) is 0 Å². The van der Waals surface area contributed by atoms with Gasteiger partial charge in [-0.15, -0.1) is 0 Å². The number of amides is 1. The maximum atomic E-state index is 11.7. The lowest BCUT2D eigenvalue weighted by Crippen LogP contribution is -2.50. The summed E-state index contributed by atoms with van der Waals surface area (Å²) in [5.74, 6) is -0.450. The lowest BCUT2D eigenvalue weighted by Gasteiger charge is -2.28. The van der Waals surface area contributed by atoms with Crippen LogP contribution in [0.5, 0.6) is 0 Å². The van der Waals surface area contributed by atoms with E-state index < -0.39 is 11.4 Å². The van der Waals surface area contributed by atoms with Gasteiger partial charge >= 0.3 is 0 Å². The molecule has 0 saturated heterocycles. The molecule has 0 saturated carbocycles. The molecule has 0 aromatic heterocycles. The van der Waals surface area contributed by atoms with Crippen LogP contribution in [0.2, 0.25) is 0 Å². The lowest BCUT2D eigenvalue weighted by molar-refractivity contribution is -0.124. The van der Waals surface area contributed by atoms with Gasteiger partial charge in [-0.25, -0.2) is 0 Å². The number of halogens is 1. The van der Waals surface area contributed by atoms with Crippen LogP contribution in [0.15, 0.2) is 33.9 Å². The molecule has 1 amide bonds. The third-order valence-corrected chi connectivity index (χ3v) is 3.36. The summed E-state index contributed by atoms with van der Waals surface area (Å²) in [5, 5.41) is 6.56. The van der Waals surface area contributed by atoms with Gasteiger partial charge in [-0.05, 0) is 43.1 Å². The van der Waals surface area contributed by atoms with E-state index in [4.69, 9.17) is 11.3 Å². The lowest BCUT2D eigenvalue weighted by atomic mass is 9.91. The van der Waals surface area contributed by atoms with Gasteiger partial charge in [-0.1, -0.05) is 33.2 Å². The number of nitrogens with two attached hydrogens (primary N) is 1. The quantitative estimate of drug-likeness (QED) is 0.348. The van der Waals surface area contributed by atoms with Gasteiger partial charge in [0.05, 0.1) is 0 Å². The third kappa shape index (κ3) is 4.24. The van der Waals surface area contributed by atoms with Crippen LogP contribution >= 0.6 is 15.9 Å². The Labute approximate surface area is 120 Å². The first-order valence-electron chi connectivity index (χ1n) is 5.82. The van der Waals surface area contributed by atoms with Gasteiger partial charge in [0.1, 0.15) is 5.54 Å². The third-order valence-electron chi connectivity index (χ3n) is 2.87. The van der Waals surface area contributed by atoms with Crippen LogP contribution in [0.3, 0.4) is 0 Å². The van der Waals surface area contributed by atoms with Crippen LogP contribution in [-0.4, -0.2) is 19.0 Å². The molecule has 102 valence electrons. The number of carbonyl (C=O) groups is 1. The summed E-state index contributed by atoms with van der Waals surface area (Å²) < 4.78 is 0.883. The molecule has 0 aliphatic heterocycles. The van der Waals surface area contributed by atoms with Crippen LogP contribution in [-0.2, 0) is 10.3 Å². The molecule has 0 aliphatic carbocycles. The van der Waals surface area contributed by atoms with E-state index in [1.165, 1.54) is 0 Å². The SMILES string of the molecule is CC(NCCCN=[N+]=[N-])(C(N)=O)c1cccc(Br)c1. The number of nitrogens with one attached hydrogen (secondary N) is 1. The zero-order chi connectivity index (χ0) is 14.3. The fourth-order valence-corrected chi connectivity index (χ4v) is 2.06. The van der Waals surface area contributed by atoms with E-state index in [1.807, 2.05) is 24.3 Å². The second-order valence-corrected chi connectivity index (χ2v) is 5.15. The van der Waals surface area contributed by atoms with Crippen molar-refractivity contribution in [2.75, 3.05) is 13.1 Å². The van der Waals surface area contributed by atoms with E-state index in [0.29, 0.717) is 19.5 Å². The summed E-state index contributed by atoms with van der Waals surface area (Å²) in [6.45, 7) is 2.66. The van der Waals surface area contributed by atoms with Crippen molar-refractivity contribution in [2.45, 2.75) is 18.9 Å². The standard InChI is InChI=1S/C12H16BrN5O/c1-12(11(14)19,16-6-3-7-17-18-15)9-4-2-5-10(13)8-9/h2,4-5,8,16H,3,6-7H2,1H3,(H2,14,19). The number of rotatable bonds is 7. The minimum Gasteiger partial charge on any atom is -0.368 e. The predicted octanol–water partition coefficient (Wildman–Crippen LogP) is 2.44. The average Bonchev–Trinajstić information content (AvgIpc) is 2.38. The second-order valence-electron chi connectivity index (χ2n) is 4.23. The fourth-order valence-electron chi connectivity index (χ4n) is 1.66. The Bertz CT molecular complexity index is 501. The number of hydrogen-bond donors (Lipinski definition) is 2. The molecular formula is C12H16BrN5O. The van der Waals surface area contributed by atoms with Gasteiger partial charge in [0, 0.05) is 15.9 Å². The van der Waals surface area contributed by atoms with Crippen molar-refractivity contribution in [3.05, 3.63) is 44.7 Å². The maximum Gasteiger partial charge on any atom is 0.242 e. The molecule has 3 N–H and O–H groups in total. The van der Waals surface area contributed by atoms with E-state index in [1.54, 1.807) is 6.92 Å². The van der Waals surface area contributed by atoms with Gasteiger partial charge < -0.3 is 5.73 Å². The Balaban J connectivity index is 2.80. The van der Waals surface area contributed by atoms with Crippen molar-refractivity contribution >= 4 is 21.8 Å². The first-order chi connectivity index (χ1) is 9.00. The minimum absolute atomic E-state index is 0.386. The Morgan fingerprint density at radius 3 is 2.95 bits per heavy atom. The Kier molecular flexibility index (Phi) is 5.82. The van der Waals surface area contributed by atoms with Crippen molar-refractivity contribution < 1.29 is 4.79 Å². The molecule has 0 aliphatic rings. The average molecular weight is 326 g/mol. The first-order valence-corrected chi connectivity index (χ1v) is 6.62. The molecule has 0 heterocycles. The molecule has 1 unspecified atom stereocenters. The van der Waals surface area contributed by atoms with Gasteiger partial charge in [0.2, 0.25) is 5.91 Å². The molecule has 0 fully saturated rings. The topological polar surface area (TPSA) is 104 Å². The zero-order valence-electron chi connectivity index (χ0n) is 10.6. The Morgan fingerprint density at radius 1 is 1.63 bits per heavy atom. The van der Waals surface area contributed by atoms with Gasteiger partial charge in [-0.3, -0.25) is 10.1 Å². The van der Waals surface area contributed by atoms with Gasteiger partial charge in [0.25, 0.3) is 0 Å². The van der Waals surface area contributed by atoms with E-state index in [0.717, 1.165) is 10.0 Å². The van der Waals surface area contributed by atoms with E-state index in [2.05, 4.69) is 31.3 Å². The number of benzene rings is 1. The van der Waals surface area contributed by atoms with Crippen molar-refractivity contribution in [3.8, 4) is 0 Å². The monoisotopic (exact) mass is 325 g/mol. The van der Waals surface area contributed by atoms with Crippen molar-refractivity contribution in [2.24, 2.45) is 10.8 Å². The number of hydrogen-bond acceptors (Lipinski definition) is 3. The highest BCUT2D eigenvalue weighted by Gasteiger charge is 2.32. The minimum atomic E-state index is -0.944. The summed E-state index contributed by atoms with van der Waals surface area (Å²) >= 11 is 3.37. The summed E-state index contributed by atoms with van der Waals surface area (Å²) in [5.41, 5.74) is 13.5. The molecule has 0 spiro atoms. The summed E-state index contributed by atoms with van der Waals surface area (Å²) in [4.78, 5) is 14.4. The van der Waals surface area contributed by atoms with E-state index in [9.17, 15) is 4.79 Å². The summed E-state index contributed by atoms with van der Waals surface area (Å²) in [6, 6.07) is 7.43. The maximum absolute atomic E-state index is 11.7. The van der Waals surface area contributed by atoms with Crippen LogP contribution in [0.1, 0.15) is 18.9 Å². The Hall–Kier alpha value is -1.56. The number of azide groups is 1. The molecular weight excluding hydrogens is 310 g/mol. The first kappa shape index (κ1) is 15.5. The zero-order valence-corrected chi connectivity index (χ0v) is 12.2. The molecule has 1 rings (SSSR count). The highest BCUT2D eigenvalue weighted by molar-refractivity contribution is 9.10. The van der Waals surface area contributed by atoms with Gasteiger partial charge in [-0.2, -0.15) is 0 Å². The smallest absolute Gasteiger partial charge is 0.242 e. The van der Waals surface area contributed by atoms with E-state index >= 15 is 0 Å². The summed E-state index contributed by atoms with van der Waals surface area (Å²) in [6.07, 6.45) is 0.640. The van der Waals surface area contributed by atoms with Crippen molar-refractivity contribution in [1.82, 2.24) is 5.32 Å². The van der Waals surface area contributed by atoms with Crippen molar-refractivity contribution in [1.29, 1.82) is 0 Å². The van der Waals surface area contributed by atoms with E-state index in [-0.39, 0.29) is 0 Å². The Morgan fingerprint density at radius 2 is 2.37 bits per heavy atom. The van der Waals surface area contributed by atoms with Crippen LogP contribution in [0.25, 0.3) is 10.4 Å². The largest absolute Gasteiger partial charge is 0.368 e. The highest BCUT2D eigenvalue weighted by atomic mass is 79.9. The summed E-state index contributed by atoms with van der Waals surface area (Å²) in [7, 11) is 0. The number of primary amides is 1. The molecule has 0 radical (unpaired) electrons. The molecule has 1 aromatic rings. The van der Waals surface area contributed by atoms with Crippen LogP contribution < -0.4 is 11.1 Å². The highest BCUT2D eigenvalue weighted by Crippen LogP contribution is 2.23. The molecule has 7 heteroatoms.